The number of nitrogens with zero attached hydrogens (tertiary/aromatic N) is 1. The molecule has 1 aromatic rings. The Kier molecular flexibility index (Phi) is 5.00. The Labute approximate surface area is 194 Å². The van der Waals surface area contributed by atoms with Crippen LogP contribution in [0.15, 0.2) is 24.3 Å². The molecule has 178 valence electrons. The second-order valence-electron chi connectivity index (χ2n) is 10.9. The number of fused-ring (bicyclic) bond motifs is 3. The van der Waals surface area contributed by atoms with Gasteiger partial charge in [-0.2, -0.15) is 0 Å². The van der Waals surface area contributed by atoms with Crippen LogP contribution in [-0.2, 0) is 19.2 Å². The largest absolute Gasteiger partial charge is 0.346 e. The summed E-state index contributed by atoms with van der Waals surface area (Å²) < 4.78 is 13.0. The van der Waals surface area contributed by atoms with Crippen LogP contribution in [0.4, 0.5) is 0 Å². The van der Waals surface area contributed by atoms with Crippen LogP contribution in [0.25, 0.3) is 0 Å². The molecule has 5 heterocycles. The molecule has 4 saturated heterocycles. The van der Waals surface area contributed by atoms with Gasteiger partial charge in [0.2, 0.25) is 5.79 Å². The number of carbonyl (C=O) groups excluding carboxylic acids is 2. The third kappa shape index (κ3) is 3.09. The third-order valence-electron chi connectivity index (χ3n) is 9.04. The molecule has 5 fully saturated rings. The van der Waals surface area contributed by atoms with E-state index in [1.807, 2.05) is 6.92 Å². The summed E-state index contributed by atoms with van der Waals surface area (Å²) in [6, 6.07) is 7.05. The highest BCUT2D eigenvalue weighted by molar-refractivity contribution is 6.21. The van der Waals surface area contributed by atoms with Crippen molar-refractivity contribution in [3.8, 4) is 0 Å². The molecule has 0 aromatic heterocycles. The Bertz CT molecular complexity index is 946. The molecule has 5 aliphatic heterocycles. The molecule has 1 saturated carbocycles. The zero-order valence-electron chi connectivity index (χ0n) is 19.6. The van der Waals surface area contributed by atoms with E-state index in [1.54, 1.807) is 24.3 Å². The summed E-state index contributed by atoms with van der Waals surface area (Å²) in [5, 5.41) is 0. The van der Waals surface area contributed by atoms with E-state index in [-0.39, 0.29) is 23.8 Å². The average molecular weight is 456 g/mol. The van der Waals surface area contributed by atoms with Crippen LogP contribution in [-0.4, -0.2) is 47.0 Å². The fourth-order valence-corrected chi connectivity index (χ4v) is 7.20. The van der Waals surface area contributed by atoms with Crippen LogP contribution < -0.4 is 0 Å². The number of carbonyl (C=O) groups is 2. The smallest absolute Gasteiger partial charge is 0.261 e. The van der Waals surface area contributed by atoms with Crippen LogP contribution in [0.2, 0.25) is 0 Å². The first-order chi connectivity index (χ1) is 15.8. The topological polar surface area (TPSA) is 74.3 Å². The predicted molar refractivity (Wildman–Crippen MR) is 118 cm³/mol. The van der Waals surface area contributed by atoms with E-state index in [4.69, 9.17) is 19.2 Å². The van der Waals surface area contributed by atoms with Crippen molar-refractivity contribution < 1.29 is 28.8 Å². The van der Waals surface area contributed by atoms with Gasteiger partial charge in [-0.15, -0.1) is 0 Å². The molecule has 7 heteroatoms. The molecule has 0 radical (unpaired) electrons. The first kappa shape index (κ1) is 21.7. The summed E-state index contributed by atoms with van der Waals surface area (Å²) in [7, 11) is 0. The third-order valence-corrected chi connectivity index (χ3v) is 9.04. The summed E-state index contributed by atoms with van der Waals surface area (Å²) in [6.45, 7) is 6.90. The lowest BCUT2D eigenvalue weighted by atomic mass is 9.57. The van der Waals surface area contributed by atoms with Crippen molar-refractivity contribution >= 4 is 11.8 Å². The second kappa shape index (κ2) is 7.60. The van der Waals surface area contributed by atoms with Crippen LogP contribution in [0.1, 0.15) is 80.0 Å². The normalized spacial score (nSPS) is 43.9. The van der Waals surface area contributed by atoms with Gasteiger partial charge in [0.1, 0.15) is 0 Å². The van der Waals surface area contributed by atoms with Crippen molar-refractivity contribution in [2.24, 2.45) is 23.7 Å². The number of rotatable bonds is 4. The molecule has 1 aromatic carbocycles. The van der Waals surface area contributed by atoms with Gasteiger partial charge in [0.05, 0.1) is 17.2 Å². The van der Waals surface area contributed by atoms with Gasteiger partial charge in [-0.3, -0.25) is 14.5 Å². The van der Waals surface area contributed by atoms with E-state index in [2.05, 4.69) is 13.8 Å². The van der Waals surface area contributed by atoms with Gasteiger partial charge in [0.15, 0.2) is 11.9 Å². The highest BCUT2D eigenvalue weighted by Gasteiger charge is 2.69. The zero-order valence-corrected chi connectivity index (χ0v) is 19.6. The molecule has 0 N–H and O–H groups in total. The van der Waals surface area contributed by atoms with Gasteiger partial charge in [-0.05, 0) is 68.9 Å². The number of hydrogen-bond donors (Lipinski definition) is 0. The van der Waals surface area contributed by atoms with Crippen LogP contribution in [0.5, 0.6) is 0 Å². The summed E-state index contributed by atoms with van der Waals surface area (Å²) in [6.07, 6.45) is 5.06. The average Bonchev–Trinajstić information content (AvgIpc) is 2.92. The molecular formula is C26H33NO6. The zero-order chi connectivity index (χ0) is 23.0. The molecule has 7 nitrogen and oxygen atoms in total. The fraction of sp³-hybridized carbons (Fsp3) is 0.692. The van der Waals surface area contributed by atoms with Crippen molar-refractivity contribution in [2.45, 2.75) is 83.1 Å². The quantitative estimate of drug-likeness (QED) is 0.497. The molecule has 33 heavy (non-hydrogen) atoms. The van der Waals surface area contributed by atoms with Crippen molar-refractivity contribution in [1.82, 2.24) is 4.90 Å². The lowest BCUT2D eigenvalue weighted by Gasteiger charge is -2.60. The number of ether oxygens (including phenoxy) is 2. The van der Waals surface area contributed by atoms with E-state index >= 15 is 0 Å². The van der Waals surface area contributed by atoms with Crippen molar-refractivity contribution in [3.05, 3.63) is 35.4 Å². The van der Waals surface area contributed by atoms with Crippen LogP contribution in [0, 0.1) is 23.7 Å². The Balaban J connectivity index is 1.18. The van der Waals surface area contributed by atoms with Gasteiger partial charge in [-0.25, -0.2) is 9.78 Å². The fourth-order valence-electron chi connectivity index (χ4n) is 7.20. The van der Waals surface area contributed by atoms with Gasteiger partial charge < -0.3 is 9.47 Å². The minimum atomic E-state index is -0.775. The lowest BCUT2D eigenvalue weighted by Crippen LogP contribution is -2.70. The minimum absolute atomic E-state index is 0.0126. The molecule has 2 bridgehead atoms. The van der Waals surface area contributed by atoms with Gasteiger partial charge in [-0.1, -0.05) is 26.0 Å². The van der Waals surface area contributed by atoms with Gasteiger partial charge in [0, 0.05) is 18.9 Å². The highest BCUT2D eigenvalue weighted by Crippen LogP contribution is 2.60. The molecule has 2 amide bonds. The predicted octanol–water partition coefficient (Wildman–Crippen LogP) is 4.31. The SMILES string of the molecule is C[C@H]1[C@@H](CCCN2C(=O)c3ccccc3C2=O)O[C@@H]2O[C@@]3(C)CC[C@H]4[C@H](C)CC[C@@H]1[C@@]24OO3. The maximum Gasteiger partial charge on any atom is 0.261 e. The molecule has 1 spiro atoms. The summed E-state index contributed by atoms with van der Waals surface area (Å²) >= 11 is 0. The van der Waals surface area contributed by atoms with Gasteiger partial charge in [0.25, 0.3) is 11.8 Å². The molecular weight excluding hydrogens is 422 g/mol. The van der Waals surface area contributed by atoms with E-state index < -0.39 is 17.7 Å². The summed E-state index contributed by atoms with van der Waals surface area (Å²) in [4.78, 5) is 38.9. The maximum atomic E-state index is 12.7. The molecule has 7 rings (SSSR count). The first-order valence-corrected chi connectivity index (χ1v) is 12.5. The lowest BCUT2D eigenvalue weighted by molar-refractivity contribution is -0.571. The maximum absolute atomic E-state index is 12.7. The van der Waals surface area contributed by atoms with Crippen molar-refractivity contribution in [2.75, 3.05) is 6.54 Å². The van der Waals surface area contributed by atoms with Crippen LogP contribution >= 0.6 is 0 Å². The Morgan fingerprint density at radius 1 is 1.00 bits per heavy atom. The Morgan fingerprint density at radius 3 is 2.45 bits per heavy atom. The Morgan fingerprint density at radius 2 is 1.73 bits per heavy atom. The van der Waals surface area contributed by atoms with E-state index in [0.29, 0.717) is 41.8 Å². The number of benzene rings is 1. The molecule has 8 atom stereocenters. The summed E-state index contributed by atoms with van der Waals surface area (Å²) in [5.41, 5.74) is 0.455. The van der Waals surface area contributed by atoms with Gasteiger partial charge >= 0.3 is 0 Å². The Hall–Kier alpha value is -1.80. The second-order valence-corrected chi connectivity index (χ2v) is 10.9. The highest BCUT2D eigenvalue weighted by atomic mass is 17.3. The standard InChI is InChI=1S/C26H33NO6/c1-15-10-11-20-16(2)21(30-24-26(20)19(15)12-13-25(3,31-24)32-33-26)9-6-14-27-22(28)17-7-4-5-8-18(17)23(27)29/h4-5,7-8,15-16,19-21,24H,6,9-14H2,1-3H3/t15-,16-,19+,20+,21-,24-,25-,26-/m1/s1. The molecule has 6 aliphatic rings. The summed E-state index contributed by atoms with van der Waals surface area (Å²) in [5.74, 6) is 0.295. The number of hydrogen-bond acceptors (Lipinski definition) is 6. The number of imide groups is 1. The van der Waals surface area contributed by atoms with Crippen molar-refractivity contribution in [3.63, 3.8) is 0 Å². The molecule has 1 aliphatic carbocycles. The monoisotopic (exact) mass is 455 g/mol. The van der Waals surface area contributed by atoms with E-state index in [9.17, 15) is 9.59 Å². The number of amides is 2. The van der Waals surface area contributed by atoms with E-state index in [0.717, 1.165) is 25.7 Å². The van der Waals surface area contributed by atoms with Crippen LogP contribution in [0.3, 0.4) is 0 Å². The van der Waals surface area contributed by atoms with E-state index in [1.165, 1.54) is 11.3 Å². The minimum Gasteiger partial charge on any atom is -0.346 e. The molecule has 0 unspecified atom stereocenters. The van der Waals surface area contributed by atoms with Crippen molar-refractivity contribution in [1.29, 1.82) is 0 Å². The first-order valence-electron chi connectivity index (χ1n) is 12.5.